The van der Waals surface area contributed by atoms with E-state index in [1.165, 1.54) is 6.92 Å². The lowest BCUT2D eigenvalue weighted by molar-refractivity contribution is -0.0647. The first-order valence-corrected chi connectivity index (χ1v) is 10.2. The summed E-state index contributed by atoms with van der Waals surface area (Å²) in [7, 11) is 1.70. The number of thiazole rings is 1. The molecule has 1 aliphatic rings. The number of methoxy groups -OCH3 is 1. The van der Waals surface area contributed by atoms with E-state index in [1.54, 1.807) is 43.2 Å². The summed E-state index contributed by atoms with van der Waals surface area (Å²) in [6, 6.07) is 5.54. The third-order valence-corrected chi connectivity index (χ3v) is 7.08. The molecule has 8 heteroatoms. The Morgan fingerprint density at radius 2 is 2.22 bits per heavy atom. The van der Waals surface area contributed by atoms with Gasteiger partial charge in [-0.2, -0.15) is 0 Å². The van der Waals surface area contributed by atoms with Gasteiger partial charge < -0.3 is 14.7 Å². The quantitative estimate of drug-likeness (QED) is 0.333. The molecule has 1 fully saturated rings. The normalized spacial score (nSPS) is 23.0. The second kappa shape index (κ2) is 8.10. The molecule has 0 saturated carbocycles. The molecule has 0 aliphatic carbocycles. The molecule has 2 aromatic rings. The van der Waals surface area contributed by atoms with E-state index >= 15 is 0 Å². The number of ketones is 1. The molecule has 1 saturated heterocycles. The van der Waals surface area contributed by atoms with Gasteiger partial charge in [0.05, 0.1) is 28.8 Å². The number of hydrogen-bond donors (Lipinski definition) is 1. The van der Waals surface area contributed by atoms with Crippen LogP contribution in [0.3, 0.4) is 0 Å². The monoisotopic (exact) mass is 406 g/mol. The van der Waals surface area contributed by atoms with Crippen LogP contribution >= 0.6 is 23.1 Å². The lowest BCUT2D eigenvalue weighted by atomic mass is 9.97. The van der Waals surface area contributed by atoms with Crippen LogP contribution in [0.25, 0.3) is 0 Å². The average molecular weight is 407 g/mol. The summed E-state index contributed by atoms with van der Waals surface area (Å²) in [5.74, 6) is -0.0734. The second-order valence-corrected chi connectivity index (χ2v) is 8.80. The minimum atomic E-state index is -0.493. The summed E-state index contributed by atoms with van der Waals surface area (Å²) in [5, 5.41) is 13.1. The summed E-state index contributed by atoms with van der Waals surface area (Å²) in [5.41, 5.74) is 1.09. The molecule has 0 amide bonds. The summed E-state index contributed by atoms with van der Waals surface area (Å²) >= 11 is 3.12. The molecule has 0 radical (unpaired) electrons. The van der Waals surface area contributed by atoms with Crippen molar-refractivity contribution >= 4 is 34.6 Å². The molecule has 2 heterocycles. The van der Waals surface area contributed by atoms with E-state index in [4.69, 9.17) is 14.7 Å². The lowest BCUT2D eigenvalue weighted by Gasteiger charge is -2.28. The maximum absolute atomic E-state index is 12.0. The van der Waals surface area contributed by atoms with Crippen LogP contribution in [0.2, 0.25) is 0 Å². The Hall–Kier alpha value is -1.74. The molecular formula is C19H22N2O4S2. The molecule has 1 aromatic heterocycles. The number of carbonyl (C=O) groups is 1. The van der Waals surface area contributed by atoms with E-state index in [9.17, 15) is 4.79 Å². The molecule has 0 bridgehead atoms. The summed E-state index contributed by atoms with van der Waals surface area (Å²) < 4.78 is 12.5. The van der Waals surface area contributed by atoms with Crippen LogP contribution < -0.4 is 0 Å². The van der Waals surface area contributed by atoms with Gasteiger partial charge in [0.2, 0.25) is 0 Å². The second-order valence-electron chi connectivity index (χ2n) is 6.39. The molecular weight excluding hydrogens is 384 g/mol. The zero-order valence-corrected chi connectivity index (χ0v) is 17.3. The Labute approximate surface area is 166 Å². The molecule has 2 unspecified atom stereocenters. The fourth-order valence-corrected chi connectivity index (χ4v) is 5.50. The Morgan fingerprint density at radius 3 is 2.81 bits per heavy atom. The van der Waals surface area contributed by atoms with Crippen LogP contribution in [0.15, 0.2) is 38.7 Å². The first-order valence-electron chi connectivity index (χ1n) is 8.56. The van der Waals surface area contributed by atoms with Gasteiger partial charge in [0, 0.05) is 29.6 Å². The number of ether oxygens (including phenoxy) is 2. The van der Waals surface area contributed by atoms with E-state index in [-0.39, 0.29) is 11.9 Å². The van der Waals surface area contributed by atoms with Crippen molar-refractivity contribution in [3.8, 4) is 0 Å². The molecule has 1 N–H and O–H groups in total. The van der Waals surface area contributed by atoms with Crippen molar-refractivity contribution in [2.24, 2.45) is 5.16 Å². The molecule has 1 aromatic carbocycles. The number of oxime groups is 1. The minimum Gasteiger partial charge on any atom is -0.411 e. The van der Waals surface area contributed by atoms with Crippen molar-refractivity contribution in [2.45, 2.75) is 48.0 Å². The summed E-state index contributed by atoms with van der Waals surface area (Å²) in [6.07, 6.45) is 2.57. The highest BCUT2D eigenvalue weighted by Crippen LogP contribution is 2.43. The highest BCUT2D eigenvalue weighted by atomic mass is 32.2. The van der Waals surface area contributed by atoms with Crippen molar-refractivity contribution in [3.63, 3.8) is 0 Å². The summed E-state index contributed by atoms with van der Waals surface area (Å²) in [4.78, 5) is 17.5. The SMILES string of the molecule is COC1(c2ncc(Sc3ccc(/C(C)=N/O)c(C(C)=O)c3)s2)CCOC1C. The Balaban J connectivity index is 1.88. The first kappa shape index (κ1) is 20.0. The third kappa shape index (κ3) is 3.80. The number of hydrogen-bond acceptors (Lipinski definition) is 8. The number of Topliss-reactive ketones (excluding diaryl/α,β-unsaturated/α-hetero) is 1. The van der Waals surface area contributed by atoms with Gasteiger partial charge in [-0.1, -0.05) is 23.0 Å². The molecule has 3 rings (SSSR count). The van der Waals surface area contributed by atoms with Gasteiger partial charge in [-0.15, -0.1) is 11.3 Å². The highest BCUT2D eigenvalue weighted by Gasteiger charge is 2.46. The van der Waals surface area contributed by atoms with Crippen LogP contribution in [0.1, 0.15) is 48.1 Å². The maximum atomic E-state index is 12.0. The zero-order valence-electron chi connectivity index (χ0n) is 15.7. The Morgan fingerprint density at radius 1 is 1.44 bits per heavy atom. The zero-order chi connectivity index (χ0) is 19.6. The minimum absolute atomic E-state index is 0.0455. The molecule has 2 atom stereocenters. The molecule has 6 nitrogen and oxygen atoms in total. The number of carbonyl (C=O) groups excluding carboxylic acids is 1. The standard InChI is InChI=1S/C19H22N2O4S2/c1-11(21-23)15-6-5-14(9-16(15)12(2)22)26-17-10-20-18(27-17)19(24-4)7-8-25-13(19)3/h5-6,9-10,13,23H,7-8H2,1-4H3/b21-11+. The van der Waals surface area contributed by atoms with Crippen molar-refractivity contribution in [2.75, 3.05) is 13.7 Å². The molecule has 27 heavy (non-hydrogen) atoms. The van der Waals surface area contributed by atoms with Gasteiger partial charge in [0.1, 0.15) is 10.6 Å². The van der Waals surface area contributed by atoms with Gasteiger partial charge in [-0.25, -0.2) is 4.98 Å². The van der Waals surface area contributed by atoms with E-state index in [0.29, 0.717) is 23.4 Å². The smallest absolute Gasteiger partial charge is 0.160 e. The maximum Gasteiger partial charge on any atom is 0.160 e. The lowest BCUT2D eigenvalue weighted by Crippen LogP contribution is -2.35. The van der Waals surface area contributed by atoms with Crippen LogP contribution in [-0.2, 0) is 15.1 Å². The van der Waals surface area contributed by atoms with Gasteiger partial charge in [0.25, 0.3) is 0 Å². The van der Waals surface area contributed by atoms with E-state index in [2.05, 4.69) is 10.1 Å². The number of aromatic nitrogens is 1. The Bertz CT molecular complexity index is 880. The van der Waals surface area contributed by atoms with Crippen LogP contribution in [0.4, 0.5) is 0 Å². The Kier molecular flexibility index (Phi) is 6.00. The van der Waals surface area contributed by atoms with E-state index < -0.39 is 5.60 Å². The summed E-state index contributed by atoms with van der Waals surface area (Å²) in [6.45, 7) is 5.84. The topological polar surface area (TPSA) is 81.0 Å². The highest BCUT2D eigenvalue weighted by molar-refractivity contribution is 8.01. The number of benzene rings is 1. The van der Waals surface area contributed by atoms with Crippen molar-refractivity contribution < 1.29 is 19.5 Å². The van der Waals surface area contributed by atoms with Crippen LogP contribution in [-0.4, -0.2) is 41.5 Å². The van der Waals surface area contributed by atoms with Gasteiger partial charge in [-0.05, 0) is 32.9 Å². The van der Waals surface area contributed by atoms with Crippen LogP contribution in [0, 0.1) is 0 Å². The molecule has 144 valence electrons. The first-order chi connectivity index (χ1) is 12.9. The van der Waals surface area contributed by atoms with Gasteiger partial charge >= 0.3 is 0 Å². The van der Waals surface area contributed by atoms with Gasteiger partial charge in [-0.3, -0.25) is 4.79 Å². The average Bonchev–Trinajstić information content (AvgIpc) is 3.28. The fraction of sp³-hybridized carbons (Fsp3) is 0.421. The van der Waals surface area contributed by atoms with Gasteiger partial charge in [0.15, 0.2) is 5.78 Å². The molecule has 0 spiro atoms. The van der Waals surface area contributed by atoms with E-state index in [1.807, 2.05) is 25.3 Å². The molecule has 1 aliphatic heterocycles. The predicted molar refractivity (Wildman–Crippen MR) is 105 cm³/mol. The fourth-order valence-electron chi connectivity index (χ4n) is 3.23. The predicted octanol–water partition coefficient (Wildman–Crippen LogP) is 4.35. The van der Waals surface area contributed by atoms with Crippen molar-refractivity contribution in [1.82, 2.24) is 4.98 Å². The largest absolute Gasteiger partial charge is 0.411 e. The number of nitrogens with zero attached hydrogens (tertiary/aromatic N) is 2. The third-order valence-electron chi connectivity index (χ3n) is 4.84. The van der Waals surface area contributed by atoms with Crippen molar-refractivity contribution in [1.29, 1.82) is 0 Å². The van der Waals surface area contributed by atoms with Crippen molar-refractivity contribution in [3.05, 3.63) is 40.5 Å². The number of rotatable bonds is 6. The van der Waals surface area contributed by atoms with Crippen LogP contribution in [0.5, 0.6) is 0 Å². The van der Waals surface area contributed by atoms with E-state index in [0.717, 1.165) is 20.5 Å².